The van der Waals surface area contributed by atoms with E-state index in [0.717, 1.165) is 10.6 Å². The monoisotopic (exact) mass is 306 g/mol. The molecule has 2 aromatic rings. The lowest BCUT2D eigenvalue weighted by Gasteiger charge is -2.05. The molecule has 1 aromatic heterocycles. The first kappa shape index (κ1) is 15.5. The van der Waals surface area contributed by atoms with Gasteiger partial charge in [-0.15, -0.1) is 11.3 Å². The van der Waals surface area contributed by atoms with E-state index in [1.54, 1.807) is 25.3 Å². The molecular weight excluding hydrogens is 288 g/mol. The molecule has 0 unspecified atom stereocenters. The Kier molecular flexibility index (Phi) is 4.93. The lowest BCUT2D eigenvalue weighted by atomic mass is 10.2. The number of aryl methyl sites for hydroxylation is 1. The number of carbonyl (C=O) groups excluding carboxylic acids is 1. The van der Waals surface area contributed by atoms with Crippen molar-refractivity contribution in [3.63, 3.8) is 0 Å². The topological polar surface area (TPSA) is 63.8 Å². The van der Waals surface area contributed by atoms with Gasteiger partial charge in [-0.1, -0.05) is 12.1 Å². The highest BCUT2D eigenvalue weighted by molar-refractivity contribution is 7.09. The molecule has 2 rings (SSSR count). The summed E-state index contributed by atoms with van der Waals surface area (Å²) in [6.07, 6.45) is 0. The predicted molar refractivity (Wildman–Crippen MR) is 81.7 cm³/mol. The second-order valence-electron chi connectivity index (χ2n) is 4.60. The Bertz CT molecular complexity index is 716. The molecule has 0 radical (unpaired) electrons. The molecular formula is C15H18N2O3S. The van der Waals surface area contributed by atoms with E-state index in [9.17, 15) is 9.90 Å². The van der Waals surface area contributed by atoms with Crippen LogP contribution < -0.4 is 4.80 Å². The highest BCUT2D eigenvalue weighted by atomic mass is 32.1. The quantitative estimate of drug-likeness (QED) is 0.942. The summed E-state index contributed by atoms with van der Waals surface area (Å²) in [5, 5.41) is 9.73. The van der Waals surface area contributed by atoms with Crippen LogP contribution in [0.1, 0.15) is 20.9 Å². The fraction of sp³-hybridized carbons (Fsp3) is 0.333. The molecule has 1 aromatic carbocycles. The number of amides is 1. The van der Waals surface area contributed by atoms with E-state index in [0.29, 0.717) is 18.0 Å². The molecule has 0 aliphatic heterocycles. The zero-order chi connectivity index (χ0) is 15.4. The molecule has 0 atom stereocenters. The first-order chi connectivity index (χ1) is 10.0. The third-order valence-corrected chi connectivity index (χ3v) is 4.34. The van der Waals surface area contributed by atoms with Crippen LogP contribution in [0.25, 0.3) is 0 Å². The van der Waals surface area contributed by atoms with Crippen molar-refractivity contribution in [2.75, 3.05) is 13.7 Å². The molecule has 0 saturated carbocycles. The first-order valence-electron chi connectivity index (χ1n) is 6.57. The maximum atomic E-state index is 12.2. The van der Waals surface area contributed by atoms with E-state index < -0.39 is 5.91 Å². The minimum Gasteiger partial charge on any atom is -0.507 e. The molecule has 1 N–H and O–H groups in total. The van der Waals surface area contributed by atoms with Gasteiger partial charge in [0.2, 0.25) is 0 Å². The fourth-order valence-electron chi connectivity index (χ4n) is 1.93. The minimum atomic E-state index is -0.444. The normalized spacial score (nSPS) is 11.9. The second-order valence-corrected chi connectivity index (χ2v) is 5.79. The van der Waals surface area contributed by atoms with Gasteiger partial charge in [-0.3, -0.25) is 4.79 Å². The van der Waals surface area contributed by atoms with Crippen molar-refractivity contribution < 1.29 is 14.6 Å². The van der Waals surface area contributed by atoms with Gasteiger partial charge in [-0.05, 0) is 26.0 Å². The van der Waals surface area contributed by atoms with Crippen molar-refractivity contribution in [1.29, 1.82) is 0 Å². The SMILES string of the molecule is COCCn1c(C)c(C)sc1=NC(=O)c1ccccc1O. The summed E-state index contributed by atoms with van der Waals surface area (Å²) in [6.45, 7) is 5.17. The van der Waals surface area contributed by atoms with E-state index in [1.807, 2.05) is 18.4 Å². The summed E-state index contributed by atoms with van der Waals surface area (Å²) in [5.74, 6) is -0.500. The van der Waals surface area contributed by atoms with Crippen LogP contribution >= 0.6 is 11.3 Å². The Morgan fingerprint density at radius 3 is 2.76 bits per heavy atom. The number of nitrogens with zero attached hydrogens (tertiary/aromatic N) is 2. The van der Waals surface area contributed by atoms with E-state index in [2.05, 4.69) is 4.99 Å². The van der Waals surface area contributed by atoms with Crippen LogP contribution in [0.5, 0.6) is 5.75 Å². The van der Waals surface area contributed by atoms with Gasteiger partial charge in [0.15, 0.2) is 4.80 Å². The van der Waals surface area contributed by atoms with Crippen molar-refractivity contribution in [2.45, 2.75) is 20.4 Å². The van der Waals surface area contributed by atoms with Crippen LogP contribution in [0.2, 0.25) is 0 Å². The minimum absolute atomic E-state index is 0.0558. The number of para-hydroxylation sites is 1. The molecule has 5 nitrogen and oxygen atoms in total. The van der Waals surface area contributed by atoms with Gasteiger partial charge in [-0.25, -0.2) is 0 Å². The summed E-state index contributed by atoms with van der Waals surface area (Å²) >= 11 is 1.46. The molecule has 0 aliphatic rings. The maximum Gasteiger partial charge on any atom is 0.283 e. The summed E-state index contributed by atoms with van der Waals surface area (Å²) in [6, 6.07) is 6.41. The number of thiazole rings is 1. The van der Waals surface area contributed by atoms with Gasteiger partial charge in [0, 0.05) is 24.2 Å². The molecule has 6 heteroatoms. The lowest BCUT2D eigenvalue weighted by molar-refractivity contribution is 0.0994. The molecule has 0 saturated heterocycles. The number of phenols is 1. The number of benzene rings is 1. The number of methoxy groups -OCH3 is 1. The van der Waals surface area contributed by atoms with Crippen molar-refractivity contribution in [2.24, 2.45) is 4.99 Å². The van der Waals surface area contributed by atoms with Crippen LogP contribution in [0, 0.1) is 13.8 Å². The Labute approximate surface area is 127 Å². The summed E-state index contributed by atoms with van der Waals surface area (Å²) < 4.78 is 7.05. The van der Waals surface area contributed by atoms with Crippen molar-refractivity contribution in [3.05, 3.63) is 45.2 Å². The zero-order valence-electron chi connectivity index (χ0n) is 12.3. The number of aromatic nitrogens is 1. The Morgan fingerprint density at radius 2 is 2.10 bits per heavy atom. The molecule has 112 valence electrons. The Morgan fingerprint density at radius 1 is 1.38 bits per heavy atom. The molecule has 0 fully saturated rings. The molecule has 0 aliphatic carbocycles. The van der Waals surface area contributed by atoms with Crippen LogP contribution in [0.15, 0.2) is 29.3 Å². The first-order valence-corrected chi connectivity index (χ1v) is 7.39. The van der Waals surface area contributed by atoms with Crippen LogP contribution in [0.4, 0.5) is 0 Å². The number of aromatic hydroxyl groups is 1. The van der Waals surface area contributed by atoms with Gasteiger partial charge in [0.1, 0.15) is 5.75 Å². The number of carbonyl (C=O) groups is 1. The van der Waals surface area contributed by atoms with Crippen LogP contribution in [-0.2, 0) is 11.3 Å². The highest BCUT2D eigenvalue weighted by Gasteiger charge is 2.11. The Balaban J connectivity index is 2.43. The van der Waals surface area contributed by atoms with Gasteiger partial charge < -0.3 is 14.4 Å². The smallest absolute Gasteiger partial charge is 0.283 e. The zero-order valence-corrected chi connectivity index (χ0v) is 13.1. The van der Waals surface area contributed by atoms with Crippen LogP contribution in [0.3, 0.4) is 0 Å². The number of hydrogen-bond donors (Lipinski definition) is 1. The van der Waals surface area contributed by atoms with Crippen molar-refractivity contribution in [1.82, 2.24) is 4.57 Å². The number of ether oxygens (including phenoxy) is 1. The van der Waals surface area contributed by atoms with Gasteiger partial charge in [0.25, 0.3) is 5.91 Å². The van der Waals surface area contributed by atoms with E-state index in [-0.39, 0.29) is 11.3 Å². The molecule has 0 spiro atoms. The molecule has 1 heterocycles. The van der Waals surface area contributed by atoms with E-state index >= 15 is 0 Å². The van der Waals surface area contributed by atoms with E-state index in [1.165, 1.54) is 17.4 Å². The summed E-state index contributed by atoms with van der Waals surface area (Å²) in [7, 11) is 1.64. The molecule has 21 heavy (non-hydrogen) atoms. The highest BCUT2D eigenvalue weighted by Crippen LogP contribution is 2.17. The average Bonchev–Trinajstić information content (AvgIpc) is 2.72. The van der Waals surface area contributed by atoms with Gasteiger partial charge in [0.05, 0.1) is 12.2 Å². The summed E-state index contributed by atoms with van der Waals surface area (Å²) in [4.78, 5) is 18.1. The van der Waals surface area contributed by atoms with E-state index in [4.69, 9.17) is 4.74 Å². The lowest BCUT2D eigenvalue weighted by Crippen LogP contribution is -2.20. The van der Waals surface area contributed by atoms with Crippen molar-refractivity contribution in [3.8, 4) is 5.75 Å². The van der Waals surface area contributed by atoms with Gasteiger partial charge >= 0.3 is 0 Å². The number of rotatable bonds is 4. The largest absolute Gasteiger partial charge is 0.507 e. The van der Waals surface area contributed by atoms with Crippen molar-refractivity contribution >= 4 is 17.2 Å². The third kappa shape index (κ3) is 3.40. The maximum absolute atomic E-state index is 12.2. The molecule has 0 bridgehead atoms. The Hall–Kier alpha value is -1.92. The average molecular weight is 306 g/mol. The second kappa shape index (κ2) is 6.69. The fourth-order valence-corrected chi connectivity index (χ4v) is 2.93. The van der Waals surface area contributed by atoms with Crippen LogP contribution in [-0.4, -0.2) is 29.3 Å². The predicted octanol–water partition coefficient (Wildman–Crippen LogP) is 2.26. The number of hydrogen-bond acceptors (Lipinski definition) is 4. The van der Waals surface area contributed by atoms with Gasteiger partial charge in [-0.2, -0.15) is 4.99 Å². The molecule has 1 amide bonds. The number of phenolic OH excluding ortho intramolecular Hbond substituents is 1. The third-order valence-electron chi connectivity index (χ3n) is 3.24. The standard InChI is InChI=1S/C15H18N2O3S/c1-10-11(2)21-15(17(10)8-9-20-3)16-14(19)12-6-4-5-7-13(12)18/h4-7,18H,8-9H2,1-3H3. The summed E-state index contributed by atoms with van der Waals surface area (Å²) in [5.41, 5.74) is 1.28.